The van der Waals surface area contributed by atoms with Crippen molar-refractivity contribution in [1.82, 2.24) is 0 Å². The maximum absolute atomic E-state index is 9.56. The van der Waals surface area contributed by atoms with Crippen LogP contribution in [-0.4, -0.2) is 19.0 Å². The average molecular weight is 454 g/mol. The summed E-state index contributed by atoms with van der Waals surface area (Å²) >= 11 is 0. The van der Waals surface area contributed by atoms with Crippen LogP contribution in [0.4, 0.5) is 0 Å². The first kappa shape index (κ1) is 23.9. The first-order valence-corrected chi connectivity index (χ1v) is 14.1. The van der Waals surface area contributed by atoms with E-state index in [1.807, 2.05) is 0 Å². The van der Waals surface area contributed by atoms with Crippen molar-refractivity contribution in [3.63, 3.8) is 0 Å². The van der Waals surface area contributed by atoms with Crippen molar-refractivity contribution in [1.29, 1.82) is 5.26 Å². The van der Waals surface area contributed by atoms with Crippen LogP contribution in [0, 0.1) is 63.6 Å². The molecule has 33 heavy (non-hydrogen) atoms. The summed E-state index contributed by atoms with van der Waals surface area (Å²) in [4.78, 5) is 0. The molecule has 1 spiro atoms. The summed E-state index contributed by atoms with van der Waals surface area (Å²) < 4.78 is 12.2. The maximum Gasteiger partial charge on any atom is 0.172 e. The fraction of sp³-hybridized carbons (Fsp3) is 0.900. The molecule has 4 aliphatic carbocycles. The maximum atomic E-state index is 9.56. The third kappa shape index (κ3) is 3.83. The van der Waals surface area contributed by atoms with Crippen molar-refractivity contribution >= 4 is 0 Å². The van der Waals surface area contributed by atoms with Gasteiger partial charge in [-0.1, -0.05) is 46.3 Å². The molecule has 0 amide bonds. The summed E-state index contributed by atoms with van der Waals surface area (Å²) in [7, 11) is 0. The van der Waals surface area contributed by atoms with Crippen molar-refractivity contribution in [3.05, 3.63) is 11.6 Å². The molecular weight excluding hydrogens is 406 g/mol. The number of rotatable bonds is 5. The van der Waals surface area contributed by atoms with Gasteiger partial charge in [0.1, 0.15) is 0 Å². The standard InChI is InChI=1S/C30H47NO2/c1-20(2)22(19-31)7-6-21(3)25-10-11-26-24-9-8-23-18-30(32-16-17-33-30)15-14-28(23,4)27(24)12-13-29(25,26)5/h8,20-22,24-27H,6-7,9-18H2,1-5H3/t21?,22?,24-,25+,26-,27-,28-,29+/m0/s1. The van der Waals surface area contributed by atoms with Gasteiger partial charge in [-0.3, -0.25) is 0 Å². The smallest absolute Gasteiger partial charge is 0.172 e. The van der Waals surface area contributed by atoms with Crippen LogP contribution in [0.3, 0.4) is 0 Å². The highest BCUT2D eigenvalue weighted by molar-refractivity contribution is 5.26. The van der Waals surface area contributed by atoms with Crippen LogP contribution >= 0.6 is 0 Å². The summed E-state index contributed by atoms with van der Waals surface area (Å²) in [5.74, 6) is 4.55. The predicted octanol–water partition coefficient (Wildman–Crippen LogP) is 7.52. The molecule has 8 atom stereocenters. The fourth-order valence-corrected chi connectivity index (χ4v) is 9.51. The quantitative estimate of drug-likeness (QED) is 0.404. The lowest BCUT2D eigenvalue weighted by atomic mass is 9.46. The molecule has 3 saturated carbocycles. The Labute approximate surface area is 202 Å². The molecule has 0 aromatic carbocycles. The third-order valence-corrected chi connectivity index (χ3v) is 11.6. The highest BCUT2D eigenvalue weighted by Gasteiger charge is 2.60. The summed E-state index contributed by atoms with van der Waals surface area (Å²) in [5, 5.41) is 9.56. The van der Waals surface area contributed by atoms with E-state index in [0.717, 1.165) is 62.1 Å². The Morgan fingerprint density at radius 1 is 1.00 bits per heavy atom. The summed E-state index contributed by atoms with van der Waals surface area (Å²) in [6.07, 6.45) is 15.1. The van der Waals surface area contributed by atoms with Gasteiger partial charge in [0.05, 0.1) is 19.3 Å². The Kier molecular flexibility index (Phi) is 6.27. The van der Waals surface area contributed by atoms with Gasteiger partial charge in [-0.25, -0.2) is 0 Å². The molecule has 0 radical (unpaired) electrons. The molecule has 5 aliphatic rings. The second-order valence-electron chi connectivity index (χ2n) is 13.3. The Hall–Kier alpha value is -0.850. The van der Waals surface area contributed by atoms with Gasteiger partial charge in [-0.2, -0.15) is 5.26 Å². The van der Waals surface area contributed by atoms with E-state index in [4.69, 9.17) is 9.47 Å². The summed E-state index contributed by atoms with van der Waals surface area (Å²) in [5.41, 5.74) is 2.50. The normalized spacial score (nSPS) is 43.4. The van der Waals surface area contributed by atoms with E-state index in [2.05, 4.69) is 46.8 Å². The largest absolute Gasteiger partial charge is 0.347 e. The van der Waals surface area contributed by atoms with Crippen LogP contribution in [0.1, 0.15) is 98.8 Å². The molecule has 3 nitrogen and oxygen atoms in total. The number of fused-ring (bicyclic) bond motifs is 5. The molecule has 0 N–H and O–H groups in total. The van der Waals surface area contributed by atoms with Gasteiger partial charge in [0, 0.05) is 18.8 Å². The number of nitrogens with zero attached hydrogens (tertiary/aromatic N) is 1. The molecule has 2 unspecified atom stereocenters. The van der Waals surface area contributed by atoms with Crippen LogP contribution in [0.25, 0.3) is 0 Å². The van der Waals surface area contributed by atoms with E-state index in [1.54, 1.807) is 5.57 Å². The van der Waals surface area contributed by atoms with Crippen LogP contribution in [-0.2, 0) is 9.47 Å². The first-order chi connectivity index (χ1) is 15.7. The van der Waals surface area contributed by atoms with Crippen molar-refractivity contribution in [2.45, 2.75) is 105 Å². The van der Waals surface area contributed by atoms with Gasteiger partial charge in [0.2, 0.25) is 0 Å². The van der Waals surface area contributed by atoms with Crippen LogP contribution in [0.5, 0.6) is 0 Å². The van der Waals surface area contributed by atoms with Crippen molar-refractivity contribution in [2.24, 2.45) is 52.3 Å². The highest BCUT2D eigenvalue weighted by atomic mass is 16.7. The van der Waals surface area contributed by atoms with E-state index in [9.17, 15) is 5.26 Å². The van der Waals surface area contributed by atoms with Gasteiger partial charge in [-0.05, 0) is 97.7 Å². The number of hydrogen-bond donors (Lipinski definition) is 0. The predicted molar refractivity (Wildman–Crippen MR) is 132 cm³/mol. The first-order valence-electron chi connectivity index (χ1n) is 14.1. The van der Waals surface area contributed by atoms with E-state index in [1.165, 1.54) is 44.9 Å². The topological polar surface area (TPSA) is 42.2 Å². The third-order valence-electron chi connectivity index (χ3n) is 11.6. The molecule has 1 saturated heterocycles. The number of hydrogen-bond acceptors (Lipinski definition) is 3. The highest BCUT2D eigenvalue weighted by Crippen LogP contribution is 2.68. The minimum Gasteiger partial charge on any atom is -0.347 e. The van der Waals surface area contributed by atoms with Gasteiger partial charge in [0.15, 0.2) is 5.79 Å². The average Bonchev–Trinajstić information content (AvgIpc) is 3.38. The molecular formula is C30H47NO2. The molecule has 3 heteroatoms. The number of ether oxygens (including phenoxy) is 2. The Morgan fingerprint density at radius 3 is 2.45 bits per heavy atom. The van der Waals surface area contributed by atoms with E-state index < -0.39 is 0 Å². The lowest BCUT2D eigenvalue weighted by Gasteiger charge is -2.59. The zero-order chi connectivity index (χ0) is 23.4. The summed E-state index contributed by atoms with van der Waals surface area (Å²) in [6.45, 7) is 13.7. The SMILES string of the molecule is CC(C)C(C#N)CCC(C)[C@H]1CC[C@H]2[C@@H]3CC=C4CC5(CC[C@]4(C)[C@H]3CC[C@]12C)OCCO5. The molecule has 0 aromatic heterocycles. The molecule has 184 valence electrons. The second kappa shape index (κ2) is 8.67. The minimum atomic E-state index is -0.299. The van der Waals surface area contributed by atoms with Crippen LogP contribution in [0.2, 0.25) is 0 Å². The van der Waals surface area contributed by atoms with E-state index in [0.29, 0.717) is 16.7 Å². The molecule has 0 aromatic rings. The molecule has 5 rings (SSSR count). The Morgan fingerprint density at radius 2 is 1.76 bits per heavy atom. The second-order valence-corrected chi connectivity index (χ2v) is 13.3. The lowest BCUT2D eigenvalue weighted by Crippen LogP contribution is -2.52. The van der Waals surface area contributed by atoms with Gasteiger partial charge in [-0.15, -0.1) is 0 Å². The monoisotopic (exact) mass is 453 g/mol. The molecule has 1 heterocycles. The molecule has 4 fully saturated rings. The fourth-order valence-electron chi connectivity index (χ4n) is 9.51. The molecule has 0 bridgehead atoms. The van der Waals surface area contributed by atoms with Crippen molar-refractivity contribution in [3.8, 4) is 6.07 Å². The van der Waals surface area contributed by atoms with Gasteiger partial charge >= 0.3 is 0 Å². The molecule has 1 aliphatic heterocycles. The lowest BCUT2D eigenvalue weighted by molar-refractivity contribution is -0.185. The summed E-state index contributed by atoms with van der Waals surface area (Å²) in [6, 6.07) is 2.57. The van der Waals surface area contributed by atoms with Gasteiger partial charge in [0.25, 0.3) is 0 Å². The van der Waals surface area contributed by atoms with Gasteiger partial charge < -0.3 is 9.47 Å². The van der Waals surface area contributed by atoms with E-state index >= 15 is 0 Å². The minimum absolute atomic E-state index is 0.220. The zero-order valence-corrected chi connectivity index (χ0v) is 21.9. The van der Waals surface area contributed by atoms with E-state index in [-0.39, 0.29) is 11.7 Å². The Balaban J connectivity index is 1.30. The number of nitriles is 1. The van der Waals surface area contributed by atoms with Crippen molar-refractivity contribution in [2.75, 3.05) is 13.2 Å². The number of allylic oxidation sites excluding steroid dienone is 1. The van der Waals surface area contributed by atoms with Crippen LogP contribution in [0.15, 0.2) is 11.6 Å². The van der Waals surface area contributed by atoms with Crippen LogP contribution < -0.4 is 0 Å². The van der Waals surface area contributed by atoms with Crippen molar-refractivity contribution < 1.29 is 9.47 Å². The Bertz CT molecular complexity index is 805. The zero-order valence-electron chi connectivity index (χ0n) is 21.9.